The Morgan fingerprint density at radius 1 is 1.00 bits per heavy atom. The van der Waals surface area contributed by atoms with E-state index < -0.39 is 0 Å². The summed E-state index contributed by atoms with van der Waals surface area (Å²) in [6, 6.07) is 0. The van der Waals surface area contributed by atoms with Gasteiger partial charge in [-0.1, -0.05) is 0 Å². The highest BCUT2D eigenvalue weighted by Crippen LogP contribution is 2.54. The fourth-order valence-corrected chi connectivity index (χ4v) is 2.90. The highest BCUT2D eigenvalue weighted by Gasteiger charge is 2.51. The molecule has 3 saturated carbocycles. The third-order valence-electron chi connectivity index (χ3n) is 3.47. The lowest BCUT2D eigenvalue weighted by Gasteiger charge is -2.56. The summed E-state index contributed by atoms with van der Waals surface area (Å²) in [5, 5.41) is 0. The van der Waals surface area contributed by atoms with E-state index >= 15 is 0 Å². The molecule has 2 saturated heterocycles. The van der Waals surface area contributed by atoms with Crippen LogP contribution < -0.4 is 0 Å². The first-order valence-corrected chi connectivity index (χ1v) is 4.05. The number of fused-ring (bicyclic) bond motifs is 1. The second kappa shape index (κ2) is 1.34. The van der Waals surface area contributed by atoms with Gasteiger partial charge in [-0.15, -0.1) is 0 Å². The van der Waals surface area contributed by atoms with Crippen molar-refractivity contribution in [2.45, 2.75) is 25.4 Å². The quantitative estimate of drug-likeness (QED) is 0.474. The second-order valence-corrected chi connectivity index (χ2v) is 3.85. The molecule has 0 radical (unpaired) electrons. The highest BCUT2D eigenvalue weighted by atomic mass is 16.5. The van der Waals surface area contributed by atoms with Gasteiger partial charge >= 0.3 is 0 Å². The topological polar surface area (TPSA) is 9.23 Å². The molecule has 2 unspecified atom stereocenters. The van der Waals surface area contributed by atoms with E-state index in [-0.39, 0.29) is 0 Å². The molecule has 5 fully saturated rings. The first-order valence-electron chi connectivity index (χ1n) is 4.05. The zero-order chi connectivity index (χ0) is 5.84. The monoisotopic (exact) mass is 124 g/mol. The van der Waals surface area contributed by atoms with Gasteiger partial charge < -0.3 is 4.74 Å². The lowest BCUT2D eigenvalue weighted by atomic mass is 9.55. The zero-order valence-corrected chi connectivity index (χ0v) is 5.55. The Labute approximate surface area is 55.4 Å². The molecule has 0 spiro atoms. The van der Waals surface area contributed by atoms with Crippen molar-refractivity contribution in [3.63, 3.8) is 0 Å². The predicted molar refractivity (Wildman–Crippen MR) is 34.1 cm³/mol. The molecule has 50 valence electrons. The van der Waals surface area contributed by atoms with Gasteiger partial charge in [0.2, 0.25) is 0 Å². The van der Waals surface area contributed by atoms with E-state index in [9.17, 15) is 0 Å². The number of hydrogen-bond donors (Lipinski definition) is 0. The smallest absolute Gasteiger partial charge is 0.0580 e. The van der Waals surface area contributed by atoms with Crippen molar-refractivity contribution in [3.05, 3.63) is 0 Å². The fraction of sp³-hybridized carbons (Fsp3) is 1.00. The largest absolute Gasteiger partial charge is 0.378 e. The molecule has 0 aromatic carbocycles. The molecule has 5 aliphatic rings. The van der Waals surface area contributed by atoms with Gasteiger partial charge in [0.05, 0.1) is 12.7 Å². The van der Waals surface area contributed by atoms with Gasteiger partial charge in [-0.25, -0.2) is 0 Å². The van der Waals surface area contributed by atoms with Crippen LogP contribution in [-0.4, -0.2) is 12.7 Å². The van der Waals surface area contributed by atoms with Crippen molar-refractivity contribution in [1.29, 1.82) is 0 Å². The van der Waals surface area contributed by atoms with Gasteiger partial charge in [0.1, 0.15) is 0 Å². The molecule has 2 aliphatic heterocycles. The minimum Gasteiger partial charge on any atom is -0.378 e. The predicted octanol–water partition coefficient (Wildman–Crippen LogP) is 1.43. The van der Waals surface area contributed by atoms with Crippen LogP contribution in [0.1, 0.15) is 19.3 Å². The number of ether oxygens (including phenoxy) is 1. The van der Waals surface area contributed by atoms with Crippen LogP contribution in [0.15, 0.2) is 0 Å². The summed E-state index contributed by atoms with van der Waals surface area (Å²) >= 11 is 0. The van der Waals surface area contributed by atoms with Crippen LogP contribution in [0.2, 0.25) is 0 Å². The van der Waals surface area contributed by atoms with Gasteiger partial charge in [0.15, 0.2) is 0 Å². The van der Waals surface area contributed by atoms with Crippen LogP contribution in [0.3, 0.4) is 0 Å². The molecule has 2 atom stereocenters. The van der Waals surface area contributed by atoms with Gasteiger partial charge in [-0.05, 0) is 37.0 Å². The summed E-state index contributed by atoms with van der Waals surface area (Å²) in [7, 11) is 0. The van der Waals surface area contributed by atoms with E-state index in [2.05, 4.69) is 0 Å². The van der Waals surface area contributed by atoms with Crippen molar-refractivity contribution < 1.29 is 4.74 Å². The Morgan fingerprint density at radius 2 is 1.78 bits per heavy atom. The minimum absolute atomic E-state index is 0.679. The summed E-state index contributed by atoms with van der Waals surface area (Å²) in [5.41, 5.74) is 0. The Kier molecular flexibility index (Phi) is 0.704. The maximum atomic E-state index is 5.58. The van der Waals surface area contributed by atoms with E-state index in [0.717, 1.165) is 24.4 Å². The lowest BCUT2D eigenvalue weighted by Crippen LogP contribution is -2.53. The first-order chi connectivity index (χ1) is 4.43. The van der Waals surface area contributed by atoms with E-state index in [4.69, 9.17) is 4.74 Å². The SMILES string of the molecule is C1C2CC3CC1C3CO2. The van der Waals surface area contributed by atoms with Crippen LogP contribution in [0.25, 0.3) is 0 Å². The molecule has 1 nitrogen and oxygen atoms in total. The molecule has 2 heterocycles. The summed E-state index contributed by atoms with van der Waals surface area (Å²) in [6.45, 7) is 1.10. The van der Waals surface area contributed by atoms with Crippen LogP contribution in [0.5, 0.6) is 0 Å². The average Bonchev–Trinajstić information content (AvgIpc) is 1.88. The maximum Gasteiger partial charge on any atom is 0.0580 e. The molecule has 9 heavy (non-hydrogen) atoms. The molecular formula is C8H12O. The second-order valence-electron chi connectivity index (χ2n) is 3.85. The molecule has 0 aromatic rings. The third kappa shape index (κ3) is 0.454. The Hall–Kier alpha value is -0.0400. The zero-order valence-electron chi connectivity index (χ0n) is 5.55. The Balaban J connectivity index is 1.93. The summed E-state index contributed by atoms with van der Waals surface area (Å²) < 4.78 is 5.58. The van der Waals surface area contributed by atoms with E-state index in [1.807, 2.05) is 0 Å². The first kappa shape index (κ1) is 4.73. The lowest BCUT2D eigenvalue weighted by molar-refractivity contribution is -0.183. The molecule has 4 bridgehead atoms. The third-order valence-corrected chi connectivity index (χ3v) is 3.47. The summed E-state index contributed by atoms with van der Waals surface area (Å²) in [6.07, 6.45) is 4.99. The molecule has 5 rings (SSSR count). The van der Waals surface area contributed by atoms with E-state index in [0.29, 0.717) is 6.10 Å². The van der Waals surface area contributed by atoms with Crippen molar-refractivity contribution in [3.8, 4) is 0 Å². The summed E-state index contributed by atoms with van der Waals surface area (Å²) in [5.74, 6) is 3.17. The fourth-order valence-electron chi connectivity index (χ4n) is 2.90. The van der Waals surface area contributed by atoms with Crippen LogP contribution in [0.4, 0.5) is 0 Å². The minimum atomic E-state index is 0.679. The molecular weight excluding hydrogens is 112 g/mol. The van der Waals surface area contributed by atoms with E-state index in [1.165, 1.54) is 19.3 Å². The maximum absolute atomic E-state index is 5.58. The average molecular weight is 124 g/mol. The van der Waals surface area contributed by atoms with Gasteiger partial charge in [-0.2, -0.15) is 0 Å². The molecule has 1 heteroatoms. The Morgan fingerprint density at radius 3 is 2.11 bits per heavy atom. The molecule has 0 amide bonds. The number of hydrogen-bond acceptors (Lipinski definition) is 1. The summed E-state index contributed by atoms with van der Waals surface area (Å²) in [4.78, 5) is 0. The number of rotatable bonds is 0. The van der Waals surface area contributed by atoms with Gasteiger partial charge in [0, 0.05) is 0 Å². The normalized spacial score (nSPS) is 61.3. The van der Waals surface area contributed by atoms with Crippen molar-refractivity contribution in [2.24, 2.45) is 17.8 Å². The van der Waals surface area contributed by atoms with Crippen molar-refractivity contribution in [2.75, 3.05) is 6.61 Å². The van der Waals surface area contributed by atoms with Crippen molar-refractivity contribution >= 4 is 0 Å². The van der Waals surface area contributed by atoms with Gasteiger partial charge in [-0.3, -0.25) is 0 Å². The molecule has 3 aliphatic carbocycles. The van der Waals surface area contributed by atoms with Crippen LogP contribution >= 0.6 is 0 Å². The van der Waals surface area contributed by atoms with Crippen LogP contribution in [0, 0.1) is 17.8 Å². The molecule has 0 N–H and O–H groups in total. The van der Waals surface area contributed by atoms with Crippen molar-refractivity contribution in [1.82, 2.24) is 0 Å². The highest BCUT2D eigenvalue weighted by molar-refractivity contribution is 4.99. The van der Waals surface area contributed by atoms with Crippen LogP contribution in [-0.2, 0) is 4.74 Å². The molecule has 0 aromatic heterocycles. The Bertz CT molecular complexity index is 128. The van der Waals surface area contributed by atoms with Gasteiger partial charge in [0.25, 0.3) is 0 Å². The standard InChI is InChI=1S/C8H12O/c1-5-2-7-3-6(1)8(5)4-9-7/h5-8H,1-4H2. The van der Waals surface area contributed by atoms with E-state index in [1.54, 1.807) is 0 Å².